The molecule has 3 rings (SSSR count). The summed E-state index contributed by atoms with van der Waals surface area (Å²) in [6.45, 7) is 0. The van der Waals surface area contributed by atoms with Crippen molar-refractivity contribution in [2.45, 2.75) is 0 Å². The Morgan fingerprint density at radius 1 is 1.00 bits per heavy atom. The van der Waals surface area contributed by atoms with Crippen LogP contribution in [-0.4, -0.2) is 10.1 Å². The summed E-state index contributed by atoms with van der Waals surface area (Å²) in [4.78, 5) is 4.45. The predicted molar refractivity (Wildman–Crippen MR) is 71.0 cm³/mol. The molecule has 3 aromatic rings. The van der Waals surface area contributed by atoms with Gasteiger partial charge in [-0.05, 0) is 24.3 Å². The summed E-state index contributed by atoms with van der Waals surface area (Å²) < 4.78 is 1.13. The largest absolute Gasteiger partial charge is 0.506 e. The number of aromatic hydroxyl groups is 1. The molecule has 0 spiro atoms. The van der Waals surface area contributed by atoms with Crippen LogP contribution in [0.25, 0.3) is 10.2 Å². The number of rotatable bonds is 2. The van der Waals surface area contributed by atoms with Gasteiger partial charge in [0.1, 0.15) is 5.75 Å². The van der Waals surface area contributed by atoms with E-state index in [4.69, 9.17) is 0 Å². The molecule has 0 atom stereocenters. The number of phenolic OH excluding ortho intramolecular Hbond substituents is 1. The third-order valence-corrected chi connectivity index (χ3v) is 3.39. The zero-order valence-corrected chi connectivity index (χ0v) is 9.74. The molecule has 0 saturated heterocycles. The molecule has 17 heavy (non-hydrogen) atoms. The number of benzene rings is 2. The number of para-hydroxylation sites is 3. The number of anilines is 2. The molecule has 0 saturated carbocycles. The third-order valence-electron chi connectivity index (χ3n) is 2.44. The molecular formula is C13H10N2OS. The third kappa shape index (κ3) is 1.94. The molecule has 3 nitrogen and oxygen atoms in total. The van der Waals surface area contributed by atoms with E-state index in [1.54, 1.807) is 23.5 Å². The van der Waals surface area contributed by atoms with Crippen LogP contribution in [0, 0.1) is 0 Å². The number of nitrogens with zero attached hydrogens (tertiary/aromatic N) is 1. The first-order valence-corrected chi connectivity index (χ1v) is 6.05. The molecular weight excluding hydrogens is 232 g/mol. The van der Waals surface area contributed by atoms with E-state index in [0.29, 0.717) is 5.69 Å². The summed E-state index contributed by atoms with van der Waals surface area (Å²) >= 11 is 1.57. The average Bonchev–Trinajstić information content (AvgIpc) is 2.74. The maximum Gasteiger partial charge on any atom is 0.188 e. The molecule has 0 aliphatic heterocycles. The average molecular weight is 242 g/mol. The smallest absolute Gasteiger partial charge is 0.188 e. The Balaban J connectivity index is 1.98. The highest BCUT2D eigenvalue weighted by Crippen LogP contribution is 2.31. The fraction of sp³-hybridized carbons (Fsp3) is 0. The molecule has 0 aliphatic rings. The summed E-state index contributed by atoms with van der Waals surface area (Å²) in [5.74, 6) is 0.228. The molecule has 1 heterocycles. The van der Waals surface area contributed by atoms with E-state index in [1.165, 1.54) is 0 Å². The van der Waals surface area contributed by atoms with Gasteiger partial charge in [0, 0.05) is 0 Å². The van der Waals surface area contributed by atoms with Crippen molar-refractivity contribution in [3.63, 3.8) is 0 Å². The summed E-state index contributed by atoms with van der Waals surface area (Å²) in [6, 6.07) is 15.1. The van der Waals surface area contributed by atoms with Crippen LogP contribution in [0.15, 0.2) is 48.5 Å². The van der Waals surface area contributed by atoms with E-state index < -0.39 is 0 Å². The van der Waals surface area contributed by atoms with Gasteiger partial charge in [0.25, 0.3) is 0 Å². The maximum absolute atomic E-state index is 9.66. The van der Waals surface area contributed by atoms with Gasteiger partial charge in [-0.3, -0.25) is 0 Å². The van der Waals surface area contributed by atoms with Crippen LogP contribution in [0.1, 0.15) is 0 Å². The van der Waals surface area contributed by atoms with Gasteiger partial charge in [-0.15, -0.1) is 0 Å². The fourth-order valence-electron chi connectivity index (χ4n) is 1.62. The SMILES string of the molecule is Oc1ccccc1Nc1nc2ccccc2s1. The van der Waals surface area contributed by atoms with Crippen molar-refractivity contribution < 1.29 is 5.11 Å². The van der Waals surface area contributed by atoms with Gasteiger partial charge in [-0.25, -0.2) is 4.98 Å². The molecule has 2 N–H and O–H groups in total. The summed E-state index contributed by atoms with van der Waals surface area (Å²) in [5, 5.41) is 13.6. The van der Waals surface area contributed by atoms with Crippen molar-refractivity contribution in [2.24, 2.45) is 0 Å². The van der Waals surface area contributed by atoms with Crippen LogP contribution >= 0.6 is 11.3 Å². The second-order valence-corrected chi connectivity index (χ2v) is 4.66. The molecule has 84 valence electrons. The number of aromatic nitrogens is 1. The van der Waals surface area contributed by atoms with E-state index in [-0.39, 0.29) is 5.75 Å². The van der Waals surface area contributed by atoms with Gasteiger partial charge in [-0.1, -0.05) is 35.6 Å². The zero-order valence-electron chi connectivity index (χ0n) is 8.92. The Bertz CT molecular complexity index is 630. The Hall–Kier alpha value is -2.07. The van der Waals surface area contributed by atoms with Crippen molar-refractivity contribution in [2.75, 3.05) is 5.32 Å². The van der Waals surface area contributed by atoms with E-state index in [2.05, 4.69) is 10.3 Å². The molecule has 4 heteroatoms. The number of nitrogens with one attached hydrogen (secondary N) is 1. The van der Waals surface area contributed by atoms with Gasteiger partial charge < -0.3 is 10.4 Å². The first kappa shape index (κ1) is 10.1. The van der Waals surface area contributed by atoms with E-state index in [0.717, 1.165) is 15.3 Å². The zero-order chi connectivity index (χ0) is 11.7. The van der Waals surface area contributed by atoms with Gasteiger partial charge >= 0.3 is 0 Å². The van der Waals surface area contributed by atoms with Crippen LogP contribution in [0.3, 0.4) is 0 Å². The number of hydrogen-bond acceptors (Lipinski definition) is 4. The van der Waals surface area contributed by atoms with Crippen molar-refractivity contribution >= 4 is 32.4 Å². The Kier molecular flexibility index (Phi) is 2.42. The number of hydrogen-bond donors (Lipinski definition) is 2. The molecule has 0 radical (unpaired) electrons. The highest BCUT2D eigenvalue weighted by molar-refractivity contribution is 7.22. The predicted octanol–water partition coefficient (Wildman–Crippen LogP) is 3.75. The lowest BCUT2D eigenvalue weighted by atomic mass is 10.3. The normalized spacial score (nSPS) is 10.6. The maximum atomic E-state index is 9.66. The quantitative estimate of drug-likeness (QED) is 0.673. The molecule has 0 fully saturated rings. The fourth-order valence-corrected chi connectivity index (χ4v) is 2.50. The molecule has 0 aliphatic carbocycles. The van der Waals surface area contributed by atoms with Crippen molar-refractivity contribution in [1.82, 2.24) is 4.98 Å². The number of thiazole rings is 1. The lowest BCUT2D eigenvalue weighted by Crippen LogP contribution is -1.88. The molecule has 0 amide bonds. The lowest BCUT2D eigenvalue weighted by molar-refractivity contribution is 0.478. The standard InChI is InChI=1S/C13H10N2OS/c16-11-7-3-1-5-9(11)14-13-15-10-6-2-4-8-12(10)17-13/h1-8,16H,(H,14,15). The lowest BCUT2D eigenvalue weighted by Gasteiger charge is -2.03. The van der Waals surface area contributed by atoms with E-state index in [9.17, 15) is 5.11 Å². The number of fused-ring (bicyclic) bond motifs is 1. The van der Waals surface area contributed by atoms with Gasteiger partial charge in [0.2, 0.25) is 0 Å². The van der Waals surface area contributed by atoms with Gasteiger partial charge in [-0.2, -0.15) is 0 Å². The van der Waals surface area contributed by atoms with Crippen LogP contribution in [0.2, 0.25) is 0 Å². The molecule has 2 aromatic carbocycles. The first-order chi connectivity index (χ1) is 8.33. The highest BCUT2D eigenvalue weighted by Gasteiger charge is 2.05. The first-order valence-electron chi connectivity index (χ1n) is 5.23. The minimum Gasteiger partial charge on any atom is -0.506 e. The topological polar surface area (TPSA) is 45.1 Å². The van der Waals surface area contributed by atoms with E-state index >= 15 is 0 Å². The summed E-state index contributed by atoms with van der Waals surface area (Å²) in [6.07, 6.45) is 0. The van der Waals surface area contributed by atoms with Crippen LogP contribution in [0.5, 0.6) is 5.75 Å². The Labute approximate surface area is 102 Å². The summed E-state index contributed by atoms with van der Waals surface area (Å²) in [7, 11) is 0. The number of phenols is 1. The molecule has 1 aromatic heterocycles. The molecule has 0 unspecified atom stereocenters. The van der Waals surface area contributed by atoms with Gasteiger partial charge in [0.15, 0.2) is 5.13 Å². The van der Waals surface area contributed by atoms with Crippen molar-refractivity contribution in [3.05, 3.63) is 48.5 Å². The van der Waals surface area contributed by atoms with E-state index in [1.807, 2.05) is 36.4 Å². The van der Waals surface area contributed by atoms with Gasteiger partial charge in [0.05, 0.1) is 15.9 Å². The Morgan fingerprint density at radius 2 is 1.76 bits per heavy atom. The summed E-state index contributed by atoms with van der Waals surface area (Å²) in [5.41, 5.74) is 1.64. The highest BCUT2D eigenvalue weighted by atomic mass is 32.1. The monoisotopic (exact) mass is 242 g/mol. The van der Waals surface area contributed by atoms with Crippen molar-refractivity contribution in [1.29, 1.82) is 0 Å². The van der Waals surface area contributed by atoms with Crippen molar-refractivity contribution in [3.8, 4) is 5.75 Å². The van der Waals surface area contributed by atoms with Crippen LogP contribution < -0.4 is 5.32 Å². The minimum atomic E-state index is 0.228. The second kappa shape index (κ2) is 4.07. The second-order valence-electron chi connectivity index (χ2n) is 3.63. The Morgan fingerprint density at radius 3 is 2.59 bits per heavy atom. The van der Waals surface area contributed by atoms with Crippen LogP contribution in [-0.2, 0) is 0 Å². The minimum absolute atomic E-state index is 0.228. The van der Waals surface area contributed by atoms with Crippen LogP contribution in [0.4, 0.5) is 10.8 Å². The molecule has 0 bridgehead atoms.